The van der Waals surface area contributed by atoms with E-state index in [2.05, 4.69) is 15.5 Å². The fourth-order valence-corrected chi connectivity index (χ4v) is 4.26. The first-order valence-corrected chi connectivity index (χ1v) is 9.12. The van der Waals surface area contributed by atoms with Gasteiger partial charge in [-0.1, -0.05) is 12.8 Å². The summed E-state index contributed by atoms with van der Waals surface area (Å²) in [7, 11) is 1.70. The van der Waals surface area contributed by atoms with Crippen LogP contribution in [0, 0.1) is 0 Å². The Morgan fingerprint density at radius 2 is 2.17 bits per heavy atom. The van der Waals surface area contributed by atoms with E-state index in [9.17, 15) is 9.59 Å². The van der Waals surface area contributed by atoms with Crippen LogP contribution in [0.2, 0.25) is 0 Å². The van der Waals surface area contributed by atoms with E-state index in [1.54, 1.807) is 7.05 Å². The van der Waals surface area contributed by atoms with E-state index in [0.717, 1.165) is 18.4 Å². The summed E-state index contributed by atoms with van der Waals surface area (Å²) in [6.45, 7) is 0. The van der Waals surface area contributed by atoms with Crippen molar-refractivity contribution in [3.63, 3.8) is 0 Å². The number of nitrogens with zero attached hydrogens (tertiary/aromatic N) is 4. The average molecular weight is 345 g/mol. The molecular weight excluding hydrogens is 326 g/mol. The predicted molar refractivity (Wildman–Crippen MR) is 92.3 cm³/mol. The second-order valence-corrected chi connectivity index (χ2v) is 7.22. The van der Waals surface area contributed by atoms with Crippen molar-refractivity contribution < 1.29 is 4.79 Å². The van der Waals surface area contributed by atoms with Crippen LogP contribution >= 0.6 is 11.3 Å². The van der Waals surface area contributed by atoms with Gasteiger partial charge in [0.25, 0.3) is 5.56 Å². The number of hydrogen-bond donors (Lipinski definition) is 1. The molecule has 1 fully saturated rings. The van der Waals surface area contributed by atoms with E-state index in [1.165, 1.54) is 28.7 Å². The van der Waals surface area contributed by atoms with Gasteiger partial charge in [-0.25, -0.2) is 0 Å². The lowest BCUT2D eigenvalue weighted by atomic mass is 10.2. The lowest BCUT2D eigenvalue weighted by molar-refractivity contribution is -0.121. The van der Waals surface area contributed by atoms with E-state index in [1.807, 2.05) is 15.8 Å². The zero-order chi connectivity index (χ0) is 16.7. The van der Waals surface area contributed by atoms with Crippen molar-refractivity contribution in [3.8, 4) is 0 Å². The number of carbonyl (C=O) groups is 1. The number of carbonyl (C=O) groups excluding carboxylic acids is 1. The third-order valence-corrected chi connectivity index (χ3v) is 5.58. The third-order valence-electron chi connectivity index (χ3n) is 4.69. The second kappa shape index (κ2) is 6.01. The van der Waals surface area contributed by atoms with E-state index < -0.39 is 0 Å². The number of aromatic nitrogens is 4. The molecule has 24 heavy (non-hydrogen) atoms. The van der Waals surface area contributed by atoms with Crippen molar-refractivity contribution in [2.45, 2.75) is 44.6 Å². The minimum Gasteiger partial charge on any atom is -0.353 e. The van der Waals surface area contributed by atoms with Crippen LogP contribution in [0.5, 0.6) is 0 Å². The quantitative estimate of drug-likeness (QED) is 0.779. The highest BCUT2D eigenvalue weighted by Gasteiger charge is 2.19. The summed E-state index contributed by atoms with van der Waals surface area (Å²) in [5.74, 6) is 1.28. The molecule has 4 rings (SSSR count). The van der Waals surface area contributed by atoms with Crippen LogP contribution in [0.4, 0.5) is 0 Å². The number of aryl methyl sites for hydroxylation is 2. The smallest absolute Gasteiger partial charge is 0.272 e. The summed E-state index contributed by atoms with van der Waals surface area (Å²) in [6.07, 6.45) is 5.44. The normalized spacial score (nSPS) is 15.5. The standard InChI is InChI=1S/C16H19N5O2S/c1-20-15(23)14-11(8-9-24-14)21-12(18-19-16(20)21)6-7-13(22)17-10-4-2-3-5-10/h8-10H,2-7H2,1H3,(H,17,22). The van der Waals surface area contributed by atoms with Gasteiger partial charge in [0.1, 0.15) is 10.5 Å². The van der Waals surface area contributed by atoms with Gasteiger partial charge in [-0.2, -0.15) is 0 Å². The van der Waals surface area contributed by atoms with Gasteiger partial charge >= 0.3 is 0 Å². The van der Waals surface area contributed by atoms with Gasteiger partial charge in [-0.3, -0.25) is 18.6 Å². The lowest BCUT2D eigenvalue weighted by Crippen LogP contribution is -2.32. The molecule has 0 atom stereocenters. The molecule has 1 aliphatic rings. The molecule has 0 saturated heterocycles. The van der Waals surface area contributed by atoms with Crippen LogP contribution in [0.1, 0.15) is 37.9 Å². The summed E-state index contributed by atoms with van der Waals surface area (Å²) in [6, 6.07) is 2.23. The minimum atomic E-state index is -0.0644. The highest BCUT2D eigenvalue weighted by Crippen LogP contribution is 2.20. The Kier molecular flexibility index (Phi) is 3.84. The molecule has 0 spiro atoms. The maximum atomic E-state index is 12.3. The van der Waals surface area contributed by atoms with Gasteiger partial charge < -0.3 is 5.32 Å². The van der Waals surface area contributed by atoms with Crippen LogP contribution in [0.15, 0.2) is 16.2 Å². The largest absolute Gasteiger partial charge is 0.353 e. The van der Waals surface area contributed by atoms with Crippen molar-refractivity contribution in [1.29, 1.82) is 0 Å². The van der Waals surface area contributed by atoms with Crippen molar-refractivity contribution in [3.05, 3.63) is 27.6 Å². The van der Waals surface area contributed by atoms with Crippen molar-refractivity contribution in [2.75, 3.05) is 0 Å². The zero-order valence-corrected chi connectivity index (χ0v) is 14.3. The number of hydrogen-bond acceptors (Lipinski definition) is 5. The molecule has 0 unspecified atom stereocenters. The third kappa shape index (κ3) is 2.50. The maximum Gasteiger partial charge on any atom is 0.272 e. The van der Waals surface area contributed by atoms with Crippen molar-refractivity contribution in [1.82, 2.24) is 24.5 Å². The molecule has 1 N–H and O–H groups in total. The first-order chi connectivity index (χ1) is 11.6. The molecule has 126 valence electrons. The molecule has 7 nitrogen and oxygen atoms in total. The van der Waals surface area contributed by atoms with Gasteiger partial charge in [0.15, 0.2) is 0 Å². The summed E-state index contributed by atoms with van der Waals surface area (Å²) in [5, 5.41) is 13.3. The number of amides is 1. The first kappa shape index (κ1) is 15.3. The molecule has 0 bridgehead atoms. The predicted octanol–water partition coefficient (Wildman–Crippen LogP) is 1.63. The summed E-state index contributed by atoms with van der Waals surface area (Å²) in [5.41, 5.74) is 0.750. The molecule has 8 heteroatoms. The molecule has 1 aliphatic carbocycles. The van der Waals surface area contributed by atoms with Crippen LogP contribution in [0.3, 0.4) is 0 Å². The zero-order valence-electron chi connectivity index (χ0n) is 13.5. The van der Waals surface area contributed by atoms with Crippen molar-refractivity contribution in [2.24, 2.45) is 7.05 Å². The van der Waals surface area contributed by atoms with Crippen LogP contribution < -0.4 is 10.9 Å². The summed E-state index contributed by atoms with van der Waals surface area (Å²) >= 11 is 1.41. The molecule has 3 aromatic heterocycles. The average Bonchev–Trinajstić information content (AvgIpc) is 3.29. The molecule has 0 aliphatic heterocycles. The molecule has 1 saturated carbocycles. The Bertz CT molecular complexity index is 964. The minimum absolute atomic E-state index is 0.0602. The topological polar surface area (TPSA) is 81.3 Å². The Balaban J connectivity index is 1.60. The molecule has 0 aromatic carbocycles. The van der Waals surface area contributed by atoms with Gasteiger partial charge in [0, 0.05) is 25.9 Å². The van der Waals surface area contributed by atoms with E-state index in [0.29, 0.717) is 35.2 Å². The highest BCUT2D eigenvalue weighted by molar-refractivity contribution is 7.17. The Labute approximate surface area is 142 Å². The monoisotopic (exact) mass is 345 g/mol. The number of thiophene rings is 1. The summed E-state index contributed by atoms with van der Waals surface area (Å²) < 4.78 is 4.07. The van der Waals surface area contributed by atoms with Crippen LogP contribution in [-0.2, 0) is 18.3 Å². The van der Waals surface area contributed by atoms with Gasteiger partial charge in [-0.05, 0) is 24.3 Å². The number of nitrogens with one attached hydrogen (secondary N) is 1. The fourth-order valence-electron chi connectivity index (χ4n) is 3.41. The van der Waals surface area contributed by atoms with Crippen LogP contribution in [0.25, 0.3) is 16.0 Å². The second-order valence-electron chi connectivity index (χ2n) is 6.30. The molecule has 0 radical (unpaired) electrons. The maximum absolute atomic E-state index is 12.3. The lowest BCUT2D eigenvalue weighted by Gasteiger charge is -2.11. The molecule has 3 aromatic rings. The Hall–Kier alpha value is -2.22. The molecular formula is C16H19N5O2S. The van der Waals surface area contributed by atoms with Crippen molar-refractivity contribution >= 4 is 33.2 Å². The fraction of sp³-hybridized carbons (Fsp3) is 0.500. The first-order valence-electron chi connectivity index (χ1n) is 8.24. The van der Waals surface area contributed by atoms with Gasteiger partial charge in [0.2, 0.25) is 11.7 Å². The number of rotatable bonds is 4. The number of fused-ring (bicyclic) bond motifs is 3. The SMILES string of the molecule is Cn1c(=O)c2sccc2n2c(CCC(=O)NC3CCCC3)nnc12. The Morgan fingerprint density at radius 3 is 2.96 bits per heavy atom. The summed E-state index contributed by atoms with van der Waals surface area (Å²) in [4.78, 5) is 24.4. The Morgan fingerprint density at radius 1 is 1.38 bits per heavy atom. The van der Waals surface area contributed by atoms with E-state index >= 15 is 0 Å². The van der Waals surface area contributed by atoms with E-state index in [-0.39, 0.29) is 11.5 Å². The van der Waals surface area contributed by atoms with E-state index in [4.69, 9.17) is 0 Å². The molecule has 1 amide bonds. The molecule has 3 heterocycles. The highest BCUT2D eigenvalue weighted by atomic mass is 32.1. The van der Waals surface area contributed by atoms with Gasteiger partial charge in [0.05, 0.1) is 5.52 Å². The van der Waals surface area contributed by atoms with Gasteiger partial charge in [-0.15, -0.1) is 21.5 Å². The van der Waals surface area contributed by atoms with Crippen LogP contribution in [-0.4, -0.2) is 31.1 Å².